The summed E-state index contributed by atoms with van der Waals surface area (Å²) >= 11 is 0. The van der Waals surface area contributed by atoms with Gasteiger partial charge in [0.25, 0.3) is 5.91 Å². The highest BCUT2D eigenvalue weighted by atomic mass is 16.5. The van der Waals surface area contributed by atoms with Crippen LogP contribution in [0.15, 0.2) is 34.7 Å². The molecule has 2 aromatic carbocycles. The number of aryl methyl sites for hydroxylation is 3. The van der Waals surface area contributed by atoms with Crippen LogP contribution in [0.4, 0.5) is 5.69 Å². The molecule has 5 nitrogen and oxygen atoms in total. The maximum absolute atomic E-state index is 12.9. The van der Waals surface area contributed by atoms with Crippen LogP contribution in [0.2, 0.25) is 0 Å². The molecule has 0 saturated heterocycles. The van der Waals surface area contributed by atoms with Gasteiger partial charge in [-0.3, -0.25) is 9.59 Å². The Hall–Kier alpha value is -3.08. The summed E-state index contributed by atoms with van der Waals surface area (Å²) in [4.78, 5) is 25.8. The molecule has 1 amide bonds. The Morgan fingerprint density at radius 1 is 1.14 bits per heavy atom. The number of carbonyl (C=O) groups is 2. The lowest BCUT2D eigenvalue weighted by Gasteiger charge is -2.34. The summed E-state index contributed by atoms with van der Waals surface area (Å²) in [5.41, 5.74) is 4.14. The molecule has 150 valence electrons. The number of hydrogen-bond acceptors (Lipinski definition) is 4. The van der Waals surface area contributed by atoms with Crippen LogP contribution in [0.3, 0.4) is 0 Å². The van der Waals surface area contributed by atoms with Crippen LogP contribution in [-0.2, 0) is 0 Å². The first-order valence-electron chi connectivity index (χ1n) is 9.89. The van der Waals surface area contributed by atoms with E-state index >= 15 is 0 Å². The second kappa shape index (κ2) is 6.76. The van der Waals surface area contributed by atoms with E-state index in [1.807, 2.05) is 52.8 Å². The van der Waals surface area contributed by atoms with E-state index in [1.165, 1.54) is 0 Å². The zero-order chi connectivity index (χ0) is 20.9. The number of fused-ring (bicyclic) bond motifs is 3. The molecular weight excluding hydrogens is 366 g/mol. The minimum absolute atomic E-state index is 0.0196. The molecule has 0 unspecified atom stereocenters. The molecule has 0 bridgehead atoms. The van der Waals surface area contributed by atoms with E-state index in [1.54, 1.807) is 12.1 Å². The Bertz CT molecular complexity index is 1160. The van der Waals surface area contributed by atoms with Gasteiger partial charge in [-0.2, -0.15) is 0 Å². The minimum atomic E-state index is -0.501. The highest BCUT2D eigenvalue weighted by Gasteiger charge is 2.37. The van der Waals surface area contributed by atoms with Gasteiger partial charge in [-0.1, -0.05) is 13.0 Å². The smallest absolute Gasteiger partial charge is 0.291 e. The number of benzene rings is 2. The second-order valence-electron chi connectivity index (χ2n) is 8.13. The third-order valence-electron chi connectivity index (χ3n) is 5.95. The number of carbonyl (C=O) groups excluding carboxylic acids is 2. The molecule has 3 aromatic rings. The summed E-state index contributed by atoms with van der Waals surface area (Å²) in [5, 5.41) is 3.56. The van der Waals surface area contributed by atoms with E-state index in [9.17, 15) is 9.59 Å². The molecule has 0 radical (unpaired) electrons. The summed E-state index contributed by atoms with van der Waals surface area (Å²) in [6.07, 6.45) is 1.05. The lowest BCUT2D eigenvalue weighted by atomic mass is 9.87. The molecule has 0 aliphatic carbocycles. The Balaban J connectivity index is 1.75. The minimum Gasteiger partial charge on any atom is -0.486 e. The number of Topliss-reactive ketones (excluding diaryl/α,β-unsaturated/α-hetero) is 1. The van der Waals surface area contributed by atoms with Gasteiger partial charge >= 0.3 is 0 Å². The lowest BCUT2D eigenvalue weighted by Crippen LogP contribution is -2.38. The molecule has 0 spiro atoms. The third-order valence-corrected chi connectivity index (χ3v) is 5.95. The van der Waals surface area contributed by atoms with Crippen LogP contribution in [0.1, 0.15) is 64.3 Å². The summed E-state index contributed by atoms with van der Waals surface area (Å²) in [5.74, 6) is 0.455. The van der Waals surface area contributed by atoms with Crippen molar-refractivity contribution in [2.45, 2.75) is 53.1 Å². The van der Waals surface area contributed by atoms with Gasteiger partial charge in [-0.05, 0) is 69.5 Å². The Morgan fingerprint density at radius 2 is 1.90 bits per heavy atom. The number of furan rings is 1. The Labute approximate surface area is 170 Å². The maximum Gasteiger partial charge on any atom is 0.291 e. The molecule has 1 aromatic heterocycles. The van der Waals surface area contributed by atoms with Gasteiger partial charge in [0.1, 0.15) is 16.9 Å². The Kier molecular flexibility index (Phi) is 4.49. The van der Waals surface area contributed by atoms with E-state index in [2.05, 4.69) is 5.32 Å². The van der Waals surface area contributed by atoms with Crippen LogP contribution in [0.25, 0.3) is 11.0 Å². The van der Waals surface area contributed by atoms with Crippen molar-refractivity contribution in [3.8, 4) is 5.75 Å². The number of rotatable bonds is 3. The van der Waals surface area contributed by atoms with Crippen molar-refractivity contribution in [2.75, 3.05) is 5.32 Å². The van der Waals surface area contributed by atoms with Gasteiger partial charge in [0, 0.05) is 16.6 Å². The predicted molar refractivity (Wildman–Crippen MR) is 113 cm³/mol. The number of ketones is 1. The SMILES string of the molecule is CC[C@@]1(C)CC(=O)c2c(ccc3oc(C(=O)Nc4ccc(C)c(C)c4)c(C)c23)O1. The number of anilines is 1. The average molecular weight is 391 g/mol. The first-order valence-corrected chi connectivity index (χ1v) is 9.89. The van der Waals surface area contributed by atoms with Gasteiger partial charge < -0.3 is 14.5 Å². The number of amides is 1. The molecule has 0 saturated carbocycles. The van der Waals surface area contributed by atoms with Crippen molar-refractivity contribution in [2.24, 2.45) is 0 Å². The zero-order valence-electron chi connectivity index (χ0n) is 17.4. The van der Waals surface area contributed by atoms with Gasteiger partial charge in [0.05, 0.1) is 12.0 Å². The van der Waals surface area contributed by atoms with Gasteiger partial charge in [0.2, 0.25) is 0 Å². The first kappa shape index (κ1) is 19.2. The van der Waals surface area contributed by atoms with E-state index in [0.717, 1.165) is 17.5 Å². The van der Waals surface area contributed by atoms with Gasteiger partial charge in [-0.15, -0.1) is 0 Å². The summed E-state index contributed by atoms with van der Waals surface area (Å²) in [6.45, 7) is 9.79. The monoisotopic (exact) mass is 391 g/mol. The molecule has 5 heteroatoms. The van der Waals surface area contributed by atoms with Crippen molar-refractivity contribution >= 4 is 28.3 Å². The maximum atomic E-state index is 12.9. The average Bonchev–Trinajstić information content (AvgIpc) is 3.01. The molecule has 29 heavy (non-hydrogen) atoms. The molecule has 2 heterocycles. The summed E-state index contributed by atoms with van der Waals surface area (Å²) < 4.78 is 12.0. The van der Waals surface area contributed by atoms with E-state index in [4.69, 9.17) is 9.15 Å². The second-order valence-corrected chi connectivity index (χ2v) is 8.13. The molecule has 4 rings (SSSR count). The highest BCUT2D eigenvalue weighted by Crippen LogP contribution is 2.41. The third kappa shape index (κ3) is 3.20. The van der Waals surface area contributed by atoms with E-state index in [0.29, 0.717) is 40.0 Å². The quantitative estimate of drug-likeness (QED) is 0.618. The zero-order valence-corrected chi connectivity index (χ0v) is 17.4. The summed E-state index contributed by atoms with van der Waals surface area (Å²) in [6, 6.07) is 9.28. The highest BCUT2D eigenvalue weighted by molar-refractivity contribution is 6.14. The van der Waals surface area contributed by atoms with E-state index in [-0.39, 0.29) is 17.5 Å². The van der Waals surface area contributed by atoms with Crippen LogP contribution >= 0.6 is 0 Å². The van der Waals surface area contributed by atoms with Gasteiger partial charge in [-0.25, -0.2) is 0 Å². The molecule has 1 atom stereocenters. The number of nitrogens with one attached hydrogen (secondary N) is 1. The van der Waals surface area contributed by atoms with Gasteiger partial charge in [0.15, 0.2) is 11.5 Å². The fourth-order valence-electron chi connectivity index (χ4n) is 3.83. The normalized spacial score (nSPS) is 18.4. The molecular formula is C24H25NO4. The fourth-order valence-corrected chi connectivity index (χ4v) is 3.83. The lowest BCUT2D eigenvalue weighted by molar-refractivity contribution is 0.0503. The standard InChI is InChI=1S/C24H25NO4/c1-6-24(5)12-17(26)21-19(29-24)10-9-18-20(21)15(4)22(28-18)23(27)25-16-8-7-13(2)14(3)11-16/h7-11H,6,12H2,1-5H3,(H,25,27)/t24-/m0/s1. The van der Waals surface area contributed by atoms with E-state index < -0.39 is 5.60 Å². The van der Waals surface area contributed by atoms with Crippen LogP contribution < -0.4 is 10.1 Å². The number of ether oxygens (including phenoxy) is 1. The van der Waals surface area contributed by atoms with Crippen molar-refractivity contribution < 1.29 is 18.7 Å². The molecule has 1 aliphatic rings. The van der Waals surface area contributed by atoms with Crippen LogP contribution in [0.5, 0.6) is 5.75 Å². The van der Waals surface area contributed by atoms with Crippen molar-refractivity contribution in [1.82, 2.24) is 0 Å². The van der Waals surface area contributed by atoms with Crippen molar-refractivity contribution in [3.05, 3.63) is 58.3 Å². The van der Waals surface area contributed by atoms with Crippen LogP contribution in [-0.4, -0.2) is 17.3 Å². The fraction of sp³-hybridized carbons (Fsp3) is 0.333. The summed E-state index contributed by atoms with van der Waals surface area (Å²) in [7, 11) is 0. The molecule has 1 aliphatic heterocycles. The Morgan fingerprint density at radius 3 is 2.59 bits per heavy atom. The number of hydrogen-bond donors (Lipinski definition) is 1. The first-order chi connectivity index (χ1) is 13.7. The largest absolute Gasteiger partial charge is 0.486 e. The topological polar surface area (TPSA) is 68.5 Å². The van der Waals surface area contributed by atoms with Crippen molar-refractivity contribution in [1.29, 1.82) is 0 Å². The molecule has 1 N–H and O–H groups in total. The predicted octanol–water partition coefficient (Wildman–Crippen LogP) is 5.74. The van der Waals surface area contributed by atoms with Crippen LogP contribution in [0, 0.1) is 20.8 Å². The van der Waals surface area contributed by atoms with Crippen molar-refractivity contribution in [3.63, 3.8) is 0 Å². The molecule has 0 fully saturated rings.